The second-order valence-electron chi connectivity index (χ2n) is 4.50. The number of amides is 2. The summed E-state index contributed by atoms with van der Waals surface area (Å²) in [5.41, 5.74) is -0.644. The Morgan fingerprint density at radius 3 is 2.74 bits per heavy atom. The van der Waals surface area contributed by atoms with Gasteiger partial charge in [0, 0.05) is 6.54 Å². The van der Waals surface area contributed by atoms with Crippen LogP contribution in [0.2, 0.25) is 0 Å². The SMILES string of the molecule is CCC1(C(=O)O)CCCN1C(=O)Nc1cncnc1. The second kappa shape index (κ2) is 5.21. The van der Waals surface area contributed by atoms with E-state index in [1.807, 2.05) is 0 Å². The lowest BCUT2D eigenvalue weighted by Crippen LogP contribution is -2.54. The van der Waals surface area contributed by atoms with E-state index >= 15 is 0 Å². The standard InChI is InChI=1S/C12H16N4O3/c1-2-12(10(17)18)4-3-5-16(12)11(19)15-9-6-13-8-14-7-9/h6-8H,2-5H2,1H3,(H,15,19)(H,17,18). The number of hydrogen-bond donors (Lipinski definition) is 2. The normalized spacial score (nSPS) is 22.3. The minimum Gasteiger partial charge on any atom is -0.479 e. The molecule has 1 atom stereocenters. The third-order valence-electron chi connectivity index (χ3n) is 3.53. The van der Waals surface area contributed by atoms with Crippen molar-refractivity contribution >= 4 is 17.7 Å². The Morgan fingerprint density at radius 1 is 1.47 bits per heavy atom. The van der Waals surface area contributed by atoms with Crippen molar-refractivity contribution in [2.75, 3.05) is 11.9 Å². The first-order chi connectivity index (χ1) is 9.10. The van der Waals surface area contributed by atoms with Crippen molar-refractivity contribution in [3.05, 3.63) is 18.7 Å². The van der Waals surface area contributed by atoms with Gasteiger partial charge in [0.05, 0.1) is 18.1 Å². The van der Waals surface area contributed by atoms with Crippen molar-refractivity contribution in [1.29, 1.82) is 0 Å². The fourth-order valence-electron chi connectivity index (χ4n) is 2.47. The Kier molecular flexibility index (Phi) is 3.64. The number of likely N-dealkylation sites (tertiary alicyclic amines) is 1. The third-order valence-corrected chi connectivity index (χ3v) is 3.53. The van der Waals surface area contributed by atoms with Crippen molar-refractivity contribution in [2.45, 2.75) is 31.7 Å². The largest absolute Gasteiger partial charge is 0.479 e. The summed E-state index contributed by atoms with van der Waals surface area (Å²) in [6, 6.07) is -0.420. The second-order valence-corrected chi connectivity index (χ2v) is 4.50. The lowest BCUT2D eigenvalue weighted by atomic mass is 9.93. The van der Waals surface area contributed by atoms with Gasteiger partial charge in [0.1, 0.15) is 11.9 Å². The average molecular weight is 264 g/mol. The number of nitrogens with one attached hydrogen (secondary N) is 1. The minimum atomic E-state index is -1.10. The molecule has 1 unspecified atom stereocenters. The van der Waals surface area contributed by atoms with Crippen LogP contribution in [0, 0.1) is 0 Å². The smallest absolute Gasteiger partial charge is 0.329 e. The van der Waals surface area contributed by atoms with Gasteiger partial charge < -0.3 is 15.3 Å². The topological polar surface area (TPSA) is 95.4 Å². The van der Waals surface area contributed by atoms with Crippen LogP contribution in [-0.2, 0) is 4.79 Å². The van der Waals surface area contributed by atoms with Crippen LogP contribution < -0.4 is 5.32 Å². The molecule has 1 aliphatic heterocycles. The zero-order chi connectivity index (χ0) is 13.9. The predicted octanol–water partition coefficient (Wildman–Crippen LogP) is 1.34. The molecule has 0 saturated carbocycles. The zero-order valence-electron chi connectivity index (χ0n) is 10.7. The van der Waals surface area contributed by atoms with E-state index in [1.165, 1.54) is 23.6 Å². The van der Waals surface area contributed by atoms with Crippen LogP contribution >= 0.6 is 0 Å². The van der Waals surface area contributed by atoms with E-state index in [2.05, 4.69) is 15.3 Å². The van der Waals surface area contributed by atoms with Crippen molar-refractivity contribution in [1.82, 2.24) is 14.9 Å². The maximum absolute atomic E-state index is 12.2. The number of nitrogens with zero attached hydrogens (tertiary/aromatic N) is 3. The molecule has 0 bridgehead atoms. The van der Waals surface area contributed by atoms with E-state index < -0.39 is 17.5 Å². The fourth-order valence-corrected chi connectivity index (χ4v) is 2.47. The van der Waals surface area contributed by atoms with Crippen LogP contribution in [0.5, 0.6) is 0 Å². The predicted molar refractivity (Wildman–Crippen MR) is 67.6 cm³/mol. The highest BCUT2D eigenvalue weighted by Crippen LogP contribution is 2.33. The third kappa shape index (κ3) is 2.35. The highest BCUT2D eigenvalue weighted by Gasteiger charge is 2.48. The molecule has 1 fully saturated rings. The molecule has 2 amide bonds. The minimum absolute atomic E-state index is 0.390. The van der Waals surface area contributed by atoms with Crippen LogP contribution in [-0.4, -0.2) is 44.1 Å². The van der Waals surface area contributed by atoms with Gasteiger partial charge in [0.25, 0.3) is 0 Å². The molecule has 7 nitrogen and oxygen atoms in total. The molecular weight excluding hydrogens is 248 g/mol. The Labute approximate surface area is 110 Å². The lowest BCUT2D eigenvalue weighted by Gasteiger charge is -2.33. The lowest BCUT2D eigenvalue weighted by molar-refractivity contribution is -0.148. The Balaban J connectivity index is 2.16. The van der Waals surface area contributed by atoms with Gasteiger partial charge in [0.2, 0.25) is 0 Å². The first kappa shape index (κ1) is 13.3. The van der Waals surface area contributed by atoms with E-state index in [0.29, 0.717) is 31.5 Å². The average Bonchev–Trinajstić information content (AvgIpc) is 2.85. The van der Waals surface area contributed by atoms with E-state index in [0.717, 1.165) is 0 Å². The molecule has 1 aromatic rings. The summed E-state index contributed by atoms with van der Waals surface area (Å²) in [7, 11) is 0. The van der Waals surface area contributed by atoms with Crippen LogP contribution in [0.3, 0.4) is 0 Å². The molecule has 19 heavy (non-hydrogen) atoms. The molecule has 1 saturated heterocycles. The van der Waals surface area contributed by atoms with E-state index in [-0.39, 0.29) is 0 Å². The van der Waals surface area contributed by atoms with Crippen molar-refractivity contribution in [3.63, 3.8) is 0 Å². The molecule has 0 radical (unpaired) electrons. The van der Waals surface area contributed by atoms with Gasteiger partial charge in [-0.15, -0.1) is 0 Å². The highest BCUT2D eigenvalue weighted by atomic mass is 16.4. The van der Waals surface area contributed by atoms with Gasteiger partial charge in [-0.1, -0.05) is 6.92 Å². The first-order valence-corrected chi connectivity index (χ1v) is 6.17. The molecule has 7 heteroatoms. The molecule has 2 rings (SSSR count). The maximum atomic E-state index is 12.2. The molecule has 1 aromatic heterocycles. The molecule has 0 aromatic carbocycles. The molecule has 102 valence electrons. The fraction of sp³-hybridized carbons (Fsp3) is 0.500. The highest BCUT2D eigenvalue weighted by molar-refractivity contribution is 5.94. The molecule has 0 aliphatic carbocycles. The number of rotatable bonds is 3. The van der Waals surface area contributed by atoms with Crippen LogP contribution in [0.4, 0.5) is 10.5 Å². The zero-order valence-corrected chi connectivity index (χ0v) is 10.7. The van der Waals surface area contributed by atoms with Gasteiger partial charge in [-0.3, -0.25) is 0 Å². The van der Waals surface area contributed by atoms with Gasteiger partial charge in [-0.25, -0.2) is 19.6 Å². The van der Waals surface area contributed by atoms with E-state index in [1.54, 1.807) is 6.92 Å². The van der Waals surface area contributed by atoms with E-state index in [4.69, 9.17) is 0 Å². The molecule has 2 N–H and O–H groups in total. The van der Waals surface area contributed by atoms with Gasteiger partial charge in [0.15, 0.2) is 0 Å². The van der Waals surface area contributed by atoms with Gasteiger partial charge >= 0.3 is 12.0 Å². The summed E-state index contributed by atoms with van der Waals surface area (Å²) in [5.74, 6) is -0.952. The molecule has 1 aliphatic rings. The van der Waals surface area contributed by atoms with Gasteiger partial charge in [-0.2, -0.15) is 0 Å². The Morgan fingerprint density at radius 2 is 2.16 bits per heavy atom. The summed E-state index contributed by atoms with van der Waals surface area (Å²) >= 11 is 0. The van der Waals surface area contributed by atoms with Gasteiger partial charge in [-0.05, 0) is 19.3 Å². The van der Waals surface area contributed by atoms with Crippen LogP contribution in [0.25, 0.3) is 0 Å². The first-order valence-electron chi connectivity index (χ1n) is 6.17. The maximum Gasteiger partial charge on any atom is 0.329 e. The number of anilines is 1. The Hall–Kier alpha value is -2.18. The number of carboxylic acid groups (broad SMARTS) is 1. The summed E-state index contributed by atoms with van der Waals surface area (Å²) in [4.78, 5) is 32.6. The molecule has 2 heterocycles. The Bertz CT molecular complexity index is 479. The number of aromatic nitrogens is 2. The number of aliphatic carboxylic acids is 1. The van der Waals surface area contributed by atoms with Crippen LogP contribution in [0.15, 0.2) is 18.7 Å². The summed E-state index contributed by atoms with van der Waals surface area (Å²) in [5, 5.41) is 12.0. The number of hydrogen-bond acceptors (Lipinski definition) is 4. The van der Waals surface area contributed by atoms with Crippen molar-refractivity contribution in [2.24, 2.45) is 0 Å². The van der Waals surface area contributed by atoms with E-state index in [9.17, 15) is 14.7 Å². The van der Waals surface area contributed by atoms with Crippen molar-refractivity contribution < 1.29 is 14.7 Å². The number of carbonyl (C=O) groups is 2. The molecule has 0 spiro atoms. The number of urea groups is 1. The number of carbonyl (C=O) groups excluding carboxylic acids is 1. The quantitative estimate of drug-likeness (QED) is 0.858. The van der Waals surface area contributed by atoms with Crippen molar-refractivity contribution in [3.8, 4) is 0 Å². The van der Waals surface area contributed by atoms with Crippen LogP contribution in [0.1, 0.15) is 26.2 Å². The summed E-state index contributed by atoms with van der Waals surface area (Å²) in [6.07, 6.45) is 5.86. The number of carboxylic acids is 1. The molecular formula is C12H16N4O3. The monoisotopic (exact) mass is 264 g/mol. The summed E-state index contributed by atoms with van der Waals surface area (Å²) < 4.78 is 0. The summed E-state index contributed by atoms with van der Waals surface area (Å²) in [6.45, 7) is 2.23.